The first-order chi connectivity index (χ1) is 10.7. The minimum absolute atomic E-state index is 0.270. The molecular formula is C18H20N2O2. The van der Waals surface area contributed by atoms with Crippen LogP contribution in [0.5, 0.6) is 11.5 Å². The Morgan fingerprint density at radius 3 is 2.55 bits per heavy atom. The highest BCUT2D eigenvalue weighted by atomic mass is 16.5. The number of benzene rings is 2. The Morgan fingerprint density at radius 2 is 1.91 bits per heavy atom. The fourth-order valence-electron chi connectivity index (χ4n) is 2.23. The Hall–Kier alpha value is -2.67. The summed E-state index contributed by atoms with van der Waals surface area (Å²) in [5.41, 5.74) is 1.62. The Kier molecular flexibility index (Phi) is 5.67. The average molecular weight is 296 g/mol. The van der Waals surface area contributed by atoms with Crippen LogP contribution < -0.4 is 9.64 Å². The van der Waals surface area contributed by atoms with E-state index >= 15 is 0 Å². The third kappa shape index (κ3) is 4.42. The molecule has 0 saturated carbocycles. The van der Waals surface area contributed by atoms with Crippen LogP contribution in [0.25, 0.3) is 0 Å². The van der Waals surface area contributed by atoms with E-state index in [1.165, 1.54) is 0 Å². The van der Waals surface area contributed by atoms with E-state index in [0.29, 0.717) is 12.2 Å². The van der Waals surface area contributed by atoms with Crippen LogP contribution in [0.4, 0.5) is 5.69 Å². The molecule has 4 heteroatoms. The molecule has 2 aromatic rings. The maximum Gasteiger partial charge on any atom is 0.119 e. The van der Waals surface area contributed by atoms with Gasteiger partial charge in [0.15, 0.2) is 0 Å². The van der Waals surface area contributed by atoms with Crippen LogP contribution in [-0.4, -0.2) is 24.8 Å². The molecular weight excluding hydrogens is 276 g/mol. The fourth-order valence-corrected chi connectivity index (χ4v) is 2.23. The van der Waals surface area contributed by atoms with Gasteiger partial charge < -0.3 is 14.7 Å². The van der Waals surface area contributed by atoms with Crippen molar-refractivity contribution in [2.75, 3.05) is 24.6 Å². The second-order valence-corrected chi connectivity index (χ2v) is 4.99. The molecule has 4 nitrogen and oxygen atoms in total. The molecule has 0 fully saturated rings. The largest absolute Gasteiger partial charge is 0.508 e. The van der Waals surface area contributed by atoms with E-state index in [-0.39, 0.29) is 5.75 Å². The highest BCUT2D eigenvalue weighted by molar-refractivity contribution is 5.50. The lowest BCUT2D eigenvalue weighted by atomic mass is 10.2. The van der Waals surface area contributed by atoms with Crippen molar-refractivity contribution in [3.8, 4) is 17.6 Å². The van der Waals surface area contributed by atoms with E-state index in [4.69, 9.17) is 10.00 Å². The van der Waals surface area contributed by atoms with Gasteiger partial charge in [-0.15, -0.1) is 0 Å². The van der Waals surface area contributed by atoms with Gasteiger partial charge in [-0.2, -0.15) is 5.26 Å². The molecule has 0 aliphatic rings. The quantitative estimate of drug-likeness (QED) is 0.848. The van der Waals surface area contributed by atoms with Gasteiger partial charge in [0.05, 0.1) is 18.2 Å². The van der Waals surface area contributed by atoms with Gasteiger partial charge in [-0.25, -0.2) is 0 Å². The van der Waals surface area contributed by atoms with Crippen molar-refractivity contribution in [2.45, 2.75) is 13.3 Å². The first-order valence-electron chi connectivity index (χ1n) is 7.40. The molecule has 2 rings (SSSR count). The van der Waals surface area contributed by atoms with Crippen LogP contribution in [0.3, 0.4) is 0 Å². The van der Waals surface area contributed by atoms with Gasteiger partial charge in [0.1, 0.15) is 18.1 Å². The number of aromatic hydroxyl groups is 1. The maximum absolute atomic E-state index is 9.60. The fraction of sp³-hybridized carbons (Fsp3) is 0.278. The van der Waals surface area contributed by atoms with Gasteiger partial charge in [-0.3, -0.25) is 0 Å². The van der Waals surface area contributed by atoms with Crippen LogP contribution in [0.2, 0.25) is 0 Å². The minimum atomic E-state index is 0.270. The number of hydrogen-bond donors (Lipinski definition) is 1. The molecule has 0 bridgehead atoms. The lowest BCUT2D eigenvalue weighted by Crippen LogP contribution is -2.29. The predicted molar refractivity (Wildman–Crippen MR) is 87.3 cm³/mol. The zero-order chi connectivity index (χ0) is 15.8. The van der Waals surface area contributed by atoms with Crippen LogP contribution in [0.15, 0.2) is 48.5 Å². The van der Waals surface area contributed by atoms with Crippen molar-refractivity contribution in [1.29, 1.82) is 5.26 Å². The minimum Gasteiger partial charge on any atom is -0.508 e. The van der Waals surface area contributed by atoms with Crippen molar-refractivity contribution in [3.63, 3.8) is 0 Å². The van der Waals surface area contributed by atoms with Crippen LogP contribution in [-0.2, 0) is 0 Å². The molecule has 0 amide bonds. The van der Waals surface area contributed by atoms with Gasteiger partial charge in [-0.1, -0.05) is 13.0 Å². The van der Waals surface area contributed by atoms with Crippen LogP contribution >= 0.6 is 0 Å². The van der Waals surface area contributed by atoms with Gasteiger partial charge in [-0.05, 0) is 42.8 Å². The number of rotatable bonds is 7. The van der Waals surface area contributed by atoms with E-state index in [1.807, 2.05) is 12.1 Å². The summed E-state index contributed by atoms with van der Waals surface area (Å²) in [6, 6.07) is 16.4. The Labute approximate surface area is 131 Å². The monoisotopic (exact) mass is 296 g/mol. The van der Waals surface area contributed by atoms with E-state index < -0.39 is 0 Å². The molecule has 0 unspecified atom stereocenters. The number of hydrogen-bond acceptors (Lipinski definition) is 4. The Balaban J connectivity index is 1.93. The lowest BCUT2D eigenvalue weighted by Gasteiger charge is -2.24. The lowest BCUT2D eigenvalue weighted by molar-refractivity contribution is 0.323. The molecule has 0 saturated heterocycles. The molecule has 22 heavy (non-hydrogen) atoms. The molecule has 0 aliphatic carbocycles. The SMILES string of the molecule is CCCN(CCOc1ccc(C#N)cc1)c1cccc(O)c1. The summed E-state index contributed by atoms with van der Waals surface area (Å²) in [5, 5.41) is 18.4. The van der Waals surface area contributed by atoms with Gasteiger partial charge in [0.25, 0.3) is 0 Å². The summed E-state index contributed by atoms with van der Waals surface area (Å²) in [6.45, 7) is 4.30. The van der Waals surface area contributed by atoms with E-state index in [9.17, 15) is 5.11 Å². The Morgan fingerprint density at radius 1 is 1.14 bits per heavy atom. The van der Waals surface area contributed by atoms with Crippen molar-refractivity contribution in [3.05, 3.63) is 54.1 Å². The topological polar surface area (TPSA) is 56.5 Å². The second kappa shape index (κ2) is 7.94. The number of phenols is 1. The van der Waals surface area contributed by atoms with E-state index in [2.05, 4.69) is 17.9 Å². The first kappa shape index (κ1) is 15.7. The van der Waals surface area contributed by atoms with E-state index in [0.717, 1.165) is 30.9 Å². The maximum atomic E-state index is 9.60. The normalized spacial score (nSPS) is 10.0. The molecule has 0 aliphatic heterocycles. The highest BCUT2D eigenvalue weighted by Gasteiger charge is 2.06. The van der Waals surface area contributed by atoms with Gasteiger partial charge >= 0.3 is 0 Å². The summed E-state index contributed by atoms with van der Waals surface area (Å²) in [4.78, 5) is 2.18. The molecule has 0 heterocycles. The molecule has 0 atom stereocenters. The first-order valence-corrected chi connectivity index (χ1v) is 7.40. The predicted octanol–water partition coefficient (Wildman–Crippen LogP) is 3.56. The Bertz CT molecular complexity index is 632. The number of nitrogens with zero attached hydrogens (tertiary/aromatic N) is 2. The van der Waals surface area contributed by atoms with Gasteiger partial charge in [0, 0.05) is 18.3 Å². The zero-order valence-corrected chi connectivity index (χ0v) is 12.7. The van der Waals surface area contributed by atoms with Crippen LogP contribution in [0.1, 0.15) is 18.9 Å². The summed E-state index contributed by atoms with van der Waals surface area (Å²) in [7, 11) is 0. The molecule has 0 spiro atoms. The van der Waals surface area contributed by atoms with Crippen molar-refractivity contribution in [2.24, 2.45) is 0 Å². The molecule has 114 valence electrons. The third-order valence-electron chi connectivity index (χ3n) is 3.30. The van der Waals surface area contributed by atoms with E-state index in [1.54, 1.807) is 36.4 Å². The van der Waals surface area contributed by atoms with Crippen LogP contribution in [0, 0.1) is 11.3 Å². The summed E-state index contributed by atoms with van der Waals surface area (Å²) in [5.74, 6) is 1.03. The molecule has 0 radical (unpaired) electrons. The number of phenolic OH excluding ortho intramolecular Hbond substituents is 1. The number of anilines is 1. The molecule has 0 aromatic heterocycles. The summed E-state index contributed by atoms with van der Waals surface area (Å²) >= 11 is 0. The van der Waals surface area contributed by atoms with Crippen molar-refractivity contribution in [1.82, 2.24) is 0 Å². The zero-order valence-electron chi connectivity index (χ0n) is 12.7. The highest BCUT2D eigenvalue weighted by Crippen LogP contribution is 2.20. The number of ether oxygens (including phenoxy) is 1. The standard InChI is InChI=1S/C18H20N2O2/c1-2-10-20(16-4-3-5-17(21)13-16)11-12-22-18-8-6-15(14-19)7-9-18/h3-9,13,21H,2,10-12H2,1H3. The second-order valence-electron chi connectivity index (χ2n) is 4.99. The smallest absolute Gasteiger partial charge is 0.119 e. The summed E-state index contributed by atoms with van der Waals surface area (Å²) < 4.78 is 5.72. The summed E-state index contributed by atoms with van der Waals surface area (Å²) in [6.07, 6.45) is 1.02. The van der Waals surface area contributed by atoms with Gasteiger partial charge in [0.2, 0.25) is 0 Å². The third-order valence-corrected chi connectivity index (χ3v) is 3.30. The van der Waals surface area contributed by atoms with Crippen molar-refractivity contribution >= 4 is 5.69 Å². The van der Waals surface area contributed by atoms with Crippen molar-refractivity contribution < 1.29 is 9.84 Å². The number of nitriles is 1. The molecule has 1 N–H and O–H groups in total. The molecule has 2 aromatic carbocycles. The average Bonchev–Trinajstić information content (AvgIpc) is 2.54.